The van der Waals surface area contributed by atoms with Crippen molar-refractivity contribution in [1.29, 1.82) is 0 Å². The molecule has 26 heavy (non-hydrogen) atoms. The molecule has 0 aromatic heterocycles. The predicted octanol–water partition coefficient (Wildman–Crippen LogP) is 2.75. The van der Waals surface area contributed by atoms with E-state index in [-0.39, 0.29) is 23.0 Å². The van der Waals surface area contributed by atoms with E-state index in [0.29, 0.717) is 30.0 Å². The van der Waals surface area contributed by atoms with Crippen molar-refractivity contribution in [2.45, 2.75) is 0 Å². The Morgan fingerprint density at radius 2 is 1.50 bits per heavy atom. The van der Waals surface area contributed by atoms with E-state index < -0.39 is 0 Å². The van der Waals surface area contributed by atoms with Crippen LogP contribution in [0.3, 0.4) is 0 Å². The minimum atomic E-state index is -0.260. The highest BCUT2D eigenvalue weighted by atomic mass is 32.2. The number of benzene rings is 2. The van der Waals surface area contributed by atoms with Crippen LogP contribution in [0.4, 0.5) is 0 Å². The van der Waals surface area contributed by atoms with Gasteiger partial charge in [0.2, 0.25) is 11.6 Å². The molecule has 2 aromatic rings. The lowest BCUT2D eigenvalue weighted by Crippen LogP contribution is -2.35. The molecule has 0 aliphatic heterocycles. The molecular formula is C19H18N2O4S. The summed E-state index contributed by atoms with van der Waals surface area (Å²) in [4.78, 5) is 25.6. The first-order valence-corrected chi connectivity index (χ1v) is 8.76. The van der Waals surface area contributed by atoms with Gasteiger partial charge in [-0.1, -0.05) is 42.5 Å². The second-order valence-corrected chi connectivity index (χ2v) is 5.99. The maximum Gasteiger partial charge on any atom is 0.212 e. The fourth-order valence-corrected chi connectivity index (χ4v) is 3.03. The van der Waals surface area contributed by atoms with E-state index in [9.17, 15) is 9.59 Å². The molecule has 0 heterocycles. The quantitative estimate of drug-likeness (QED) is 0.420. The molecular weight excluding hydrogens is 352 g/mol. The number of fused-ring (bicyclic) bond motifs is 1. The second kappa shape index (κ2) is 8.55. The molecule has 0 unspecified atom stereocenters. The summed E-state index contributed by atoms with van der Waals surface area (Å²) in [5, 5.41) is 3.00. The maximum atomic E-state index is 12.8. The van der Waals surface area contributed by atoms with Crippen LogP contribution in [0.15, 0.2) is 66.0 Å². The van der Waals surface area contributed by atoms with Crippen LogP contribution >= 0.6 is 12.2 Å². The number of hydrogen-bond donors (Lipinski definition) is 2. The largest absolute Gasteiger partial charge is 0.405 e. The Bertz CT molecular complexity index is 836. The summed E-state index contributed by atoms with van der Waals surface area (Å²) in [5.41, 5.74) is 1.15. The minimum Gasteiger partial charge on any atom is -0.405 e. The van der Waals surface area contributed by atoms with Crippen molar-refractivity contribution in [2.24, 2.45) is 0 Å². The molecule has 2 aromatic carbocycles. The highest BCUT2D eigenvalue weighted by Gasteiger charge is 2.32. The Kier molecular flexibility index (Phi) is 5.93. The third-order valence-electron chi connectivity index (χ3n) is 3.75. The van der Waals surface area contributed by atoms with Crippen LogP contribution in [-0.2, 0) is 4.74 Å². The van der Waals surface area contributed by atoms with Gasteiger partial charge in [-0.15, -0.1) is 0 Å². The summed E-state index contributed by atoms with van der Waals surface area (Å²) in [6, 6.07) is 15.9. The second-order valence-electron chi connectivity index (χ2n) is 5.46. The summed E-state index contributed by atoms with van der Waals surface area (Å²) in [7, 11) is 1.57. The Hall–Kier alpha value is -2.77. The number of Topliss-reactive ketones (excluding diaryl/α,β-unsaturated/α-hetero) is 2. The Balaban J connectivity index is 1.82. The molecule has 0 saturated carbocycles. The van der Waals surface area contributed by atoms with E-state index in [1.165, 1.54) is 0 Å². The van der Waals surface area contributed by atoms with E-state index >= 15 is 0 Å². The van der Waals surface area contributed by atoms with Crippen LogP contribution in [0.25, 0.3) is 0 Å². The number of carbonyl (C=O) groups excluding carboxylic acids is 2. The van der Waals surface area contributed by atoms with Gasteiger partial charge in [-0.25, -0.2) is 0 Å². The molecule has 3 rings (SSSR count). The molecule has 6 nitrogen and oxygen atoms in total. The number of hydrogen-bond acceptors (Lipinski definition) is 7. The van der Waals surface area contributed by atoms with Gasteiger partial charge >= 0.3 is 0 Å². The molecule has 0 amide bonds. The van der Waals surface area contributed by atoms with Crippen molar-refractivity contribution >= 4 is 23.8 Å². The van der Waals surface area contributed by atoms with E-state index in [2.05, 4.69) is 10.0 Å². The van der Waals surface area contributed by atoms with Gasteiger partial charge in [0.25, 0.3) is 0 Å². The normalized spacial score (nSPS) is 13.4. The zero-order valence-electron chi connectivity index (χ0n) is 14.2. The van der Waals surface area contributed by atoms with Gasteiger partial charge in [0.05, 0.1) is 6.61 Å². The zero-order valence-corrected chi connectivity index (χ0v) is 15.0. The first-order chi connectivity index (χ1) is 12.7. The average Bonchev–Trinajstić information content (AvgIpc) is 2.68. The molecule has 2 N–H and O–H groups in total. The van der Waals surface area contributed by atoms with Crippen LogP contribution in [0.5, 0.6) is 5.75 Å². The van der Waals surface area contributed by atoms with E-state index in [4.69, 9.17) is 8.92 Å². The molecule has 0 spiro atoms. The lowest BCUT2D eigenvalue weighted by Gasteiger charge is -2.22. The SMILES string of the molecule is COCCNC1=C(NSOc2ccccc2)C(=O)c2ccccc2C1=O. The van der Waals surface area contributed by atoms with Gasteiger partial charge in [0.1, 0.15) is 17.1 Å². The lowest BCUT2D eigenvalue weighted by atomic mass is 9.90. The standard InChI is InChI=1S/C19H18N2O4S/c1-24-12-11-20-16-17(21-26-25-13-7-3-2-4-8-13)19(23)15-10-6-5-9-14(15)18(16)22/h2-10,20-21H,11-12H2,1H3. The number of methoxy groups -OCH3 is 1. The van der Waals surface area contributed by atoms with Crippen molar-refractivity contribution in [3.63, 3.8) is 0 Å². The van der Waals surface area contributed by atoms with E-state index in [0.717, 1.165) is 12.2 Å². The summed E-state index contributed by atoms with van der Waals surface area (Å²) in [6.07, 6.45) is 0. The highest BCUT2D eigenvalue weighted by molar-refractivity contribution is 7.93. The van der Waals surface area contributed by atoms with Gasteiger partial charge in [-0.3, -0.25) is 14.3 Å². The van der Waals surface area contributed by atoms with Crippen LogP contribution in [-0.4, -0.2) is 31.8 Å². The molecule has 1 aliphatic carbocycles. The molecule has 0 atom stereocenters. The van der Waals surface area contributed by atoms with E-state index in [1.807, 2.05) is 18.2 Å². The third kappa shape index (κ3) is 3.89. The predicted molar refractivity (Wildman–Crippen MR) is 99.8 cm³/mol. The Morgan fingerprint density at radius 3 is 2.15 bits per heavy atom. The number of nitrogens with one attached hydrogen (secondary N) is 2. The third-order valence-corrected chi connectivity index (χ3v) is 4.32. The lowest BCUT2D eigenvalue weighted by molar-refractivity contribution is 0.0964. The fraction of sp³-hybridized carbons (Fsp3) is 0.158. The van der Waals surface area contributed by atoms with Gasteiger partial charge in [-0.2, -0.15) is 0 Å². The molecule has 0 bridgehead atoms. The van der Waals surface area contributed by atoms with Crippen LogP contribution in [0, 0.1) is 0 Å². The first kappa shape index (κ1) is 18.0. The van der Waals surface area contributed by atoms with Gasteiger partial charge in [-0.05, 0) is 12.1 Å². The van der Waals surface area contributed by atoms with Crippen molar-refractivity contribution in [3.8, 4) is 5.75 Å². The topological polar surface area (TPSA) is 76.7 Å². The Morgan fingerprint density at radius 1 is 0.885 bits per heavy atom. The number of para-hydroxylation sites is 1. The number of rotatable bonds is 8. The maximum absolute atomic E-state index is 12.8. The minimum absolute atomic E-state index is 0.172. The molecule has 0 radical (unpaired) electrons. The average molecular weight is 370 g/mol. The van der Waals surface area contributed by atoms with Gasteiger partial charge in [0.15, 0.2) is 12.2 Å². The highest BCUT2D eigenvalue weighted by Crippen LogP contribution is 2.25. The van der Waals surface area contributed by atoms with Crippen molar-refractivity contribution in [3.05, 3.63) is 77.1 Å². The monoisotopic (exact) mass is 370 g/mol. The number of ketones is 2. The smallest absolute Gasteiger partial charge is 0.212 e. The van der Waals surface area contributed by atoms with Gasteiger partial charge < -0.3 is 14.2 Å². The summed E-state index contributed by atoms with van der Waals surface area (Å²) >= 11 is 0.884. The van der Waals surface area contributed by atoms with Crippen LogP contribution in [0.1, 0.15) is 20.7 Å². The van der Waals surface area contributed by atoms with Crippen molar-refractivity contribution < 1.29 is 18.5 Å². The summed E-state index contributed by atoms with van der Waals surface area (Å²) in [5.74, 6) is 0.137. The molecule has 0 saturated heterocycles. The molecule has 7 heteroatoms. The van der Waals surface area contributed by atoms with Crippen LogP contribution < -0.4 is 14.2 Å². The number of ether oxygens (including phenoxy) is 1. The number of carbonyl (C=O) groups is 2. The first-order valence-electron chi connectivity index (χ1n) is 8.02. The summed E-state index contributed by atoms with van der Waals surface area (Å²) < 4.78 is 13.4. The van der Waals surface area contributed by atoms with E-state index in [1.54, 1.807) is 43.5 Å². The fourth-order valence-electron chi connectivity index (χ4n) is 2.51. The van der Waals surface area contributed by atoms with Crippen LogP contribution in [0.2, 0.25) is 0 Å². The summed E-state index contributed by atoms with van der Waals surface area (Å²) in [6.45, 7) is 0.815. The Labute approximate surface area is 155 Å². The van der Waals surface area contributed by atoms with Gasteiger partial charge in [0, 0.05) is 24.8 Å². The molecule has 0 fully saturated rings. The van der Waals surface area contributed by atoms with Crippen molar-refractivity contribution in [2.75, 3.05) is 20.3 Å². The zero-order chi connectivity index (χ0) is 18.4. The molecule has 134 valence electrons. The van der Waals surface area contributed by atoms with Crippen molar-refractivity contribution in [1.82, 2.24) is 10.0 Å². The molecule has 1 aliphatic rings. The number of allylic oxidation sites excluding steroid dienone is 2.